The van der Waals surface area contributed by atoms with E-state index in [0.717, 1.165) is 31.2 Å². The number of nitriles is 1. The molecular weight excluding hydrogens is 450 g/mol. The second-order valence-electron chi connectivity index (χ2n) is 11.5. The van der Waals surface area contributed by atoms with E-state index in [-0.39, 0.29) is 23.3 Å². The smallest absolute Gasteiger partial charge is 0.248 e. The van der Waals surface area contributed by atoms with Crippen LogP contribution in [0.5, 0.6) is 0 Å². The molecular formula is C29H37N5O2. The number of aromatic nitrogens is 1. The van der Waals surface area contributed by atoms with Crippen molar-refractivity contribution in [1.29, 1.82) is 5.26 Å². The minimum absolute atomic E-state index is 0.0400. The maximum Gasteiger partial charge on any atom is 0.248 e. The third kappa shape index (κ3) is 5.38. The Bertz CT molecular complexity index is 1110. The van der Waals surface area contributed by atoms with E-state index in [1.807, 2.05) is 37.3 Å². The normalized spacial score (nSPS) is 18.5. The first kappa shape index (κ1) is 25.7. The van der Waals surface area contributed by atoms with Crippen molar-refractivity contribution in [1.82, 2.24) is 15.2 Å². The average molecular weight is 488 g/mol. The Morgan fingerprint density at radius 2 is 1.81 bits per heavy atom. The summed E-state index contributed by atoms with van der Waals surface area (Å²) in [7, 11) is 0. The summed E-state index contributed by atoms with van der Waals surface area (Å²) in [6, 6.07) is 10.8. The molecule has 4 rings (SSSR count). The summed E-state index contributed by atoms with van der Waals surface area (Å²) >= 11 is 0. The highest BCUT2D eigenvalue weighted by atomic mass is 16.2. The Hall–Kier alpha value is -3.40. The lowest BCUT2D eigenvalue weighted by Gasteiger charge is -2.47. The molecule has 1 N–H and O–H groups in total. The van der Waals surface area contributed by atoms with E-state index >= 15 is 0 Å². The molecule has 1 saturated carbocycles. The number of pyridine rings is 1. The van der Waals surface area contributed by atoms with Crippen molar-refractivity contribution in [2.24, 2.45) is 5.41 Å². The fraction of sp³-hybridized carbons (Fsp3) is 0.517. The van der Waals surface area contributed by atoms with Gasteiger partial charge in [-0.25, -0.2) is 0 Å². The van der Waals surface area contributed by atoms with Crippen LogP contribution in [0.1, 0.15) is 77.0 Å². The van der Waals surface area contributed by atoms with Crippen molar-refractivity contribution in [3.63, 3.8) is 0 Å². The Labute approximate surface area is 214 Å². The maximum absolute atomic E-state index is 14.2. The molecule has 36 heavy (non-hydrogen) atoms. The number of hydrogen-bond donors (Lipinski definition) is 1. The number of carbonyl (C=O) groups excluding carboxylic acids is 2. The minimum atomic E-state index is -0.860. The van der Waals surface area contributed by atoms with Crippen molar-refractivity contribution >= 4 is 17.5 Å². The monoisotopic (exact) mass is 487 g/mol. The van der Waals surface area contributed by atoms with Gasteiger partial charge >= 0.3 is 0 Å². The molecule has 0 spiro atoms. The molecule has 2 aromatic rings. The summed E-state index contributed by atoms with van der Waals surface area (Å²) in [5.74, 6) is -0.353. The molecule has 7 nitrogen and oxygen atoms in total. The van der Waals surface area contributed by atoms with Crippen molar-refractivity contribution in [3.05, 3.63) is 59.9 Å². The molecule has 0 bridgehead atoms. The molecule has 7 heteroatoms. The zero-order chi connectivity index (χ0) is 25.9. The summed E-state index contributed by atoms with van der Waals surface area (Å²) in [5.41, 5.74) is 1.68. The van der Waals surface area contributed by atoms with Gasteiger partial charge in [0.1, 0.15) is 6.04 Å². The van der Waals surface area contributed by atoms with Crippen LogP contribution in [-0.2, 0) is 15.0 Å². The van der Waals surface area contributed by atoms with Crippen LogP contribution in [0.25, 0.3) is 0 Å². The van der Waals surface area contributed by atoms with Gasteiger partial charge < -0.3 is 10.2 Å². The number of anilines is 1. The fourth-order valence-electron chi connectivity index (χ4n) is 5.28. The molecule has 1 aliphatic heterocycles. The Morgan fingerprint density at radius 3 is 2.36 bits per heavy atom. The molecule has 2 fully saturated rings. The van der Waals surface area contributed by atoms with Crippen LogP contribution in [0.4, 0.5) is 5.69 Å². The molecule has 2 heterocycles. The van der Waals surface area contributed by atoms with Gasteiger partial charge in [0.2, 0.25) is 11.8 Å². The molecule has 1 aromatic carbocycles. The Kier molecular flexibility index (Phi) is 7.35. The highest BCUT2D eigenvalue weighted by molar-refractivity contribution is 6.04. The van der Waals surface area contributed by atoms with Gasteiger partial charge in [0.25, 0.3) is 0 Å². The summed E-state index contributed by atoms with van der Waals surface area (Å²) < 4.78 is 0. The lowest BCUT2D eigenvalue weighted by atomic mass is 9.80. The highest BCUT2D eigenvalue weighted by Crippen LogP contribution is 2.38. The summed E-state index contributed by atoms with van der Waals surface area (Å²) in [6.07, 6.45) is 10.8. The van der Waals surface area contributed by atoms with Crippen molar-refractivity contribution in [2.45, 2.75) is 77.3 Å². The first-order valence-corrected chi connectivity index (χ1v) is 12.9. The van der Waals surface area contributed by atoms with Crippen LogP contribution < -0.4 is 10.2 Å². The van der Waals surface area contributed by atoms with Gasteiger partial charge in [0.15, 0.2) is 6.19 Å². The zero-order valence-electron chi connectivity index (χ0n) is 21.8. The van der Waals surface area contributed by atoms with Crippen LogP contribution in [0, 0.1) is 16.9 Å². The van der Waals surface area contributed by atoms with Crippen molar-refractivity contribution < 1.29 is 9.59 Å². The van der Waals surface area contributed by atoms with Gasteiger partial charge in [-0.2, -0.15) is 5.26 Å². The first-order valence-electron chi connectivity index (χ1n) is 12.9. The van der Waals surface area contributed by atoms with E-state index in [9.17, 15) is 14.9 Å². The number of nitrogens with one attached hydrogen (secondary N) is 1. The molecule has 1 saturated heterocycles. The summed E-state index contributed by atoms with van der Waals surface area (Å²) in [6.45, 7) is 8.98. The highest BCUT2D eigenvalue weighted by Gasteiger charge is 2.50. The second-order valence-corrected chi connectivity index (χ2v) is 11.5. The quantitative estimate of drug-likeness (QED) is 0.597. The van der Waals surface area contributed by atoms with Crippen LogP contribution in [0.15, 0.2) is 48.8 Å². The molecule has 2 amide bonds. The number of hydrogen-bond acceptors (Lipinski definition) is 5. The van der Waals surface area contributed by atoms with Crippen LogP contribution in [0.2, 0.25) is 0 Å². The predicted octanol–water partition coefficient (Wildman–Crippen LogP) is 4.71. The van der Waals surface area contributed by atoms with E-state index in [1.165, 1.54) is 6.42 Å². The standard InChI is InChI=1S/C29H37N5O2/c1-28(2,3)22-12-14-24(15-13-22)34(27(36)29(4)18-33(19-29)20-30)25(21-9-8-16-31-17-21)26(35)32-23-10-6-5-7-11-23/h8-9,12-17,23,25H,5-7,10-11,18-19H2,1-4H3,(H,32,35). The minimum Gasteiger partial charge on any atom is -0.351 e. The third-order valence-electron chi connectivity index (χ3n) is 7.43. The van der Waals surface area contributed by atoms with Gasteiger partial charge in [-0.1, -0.05) is 58.2 Å². The maximum atomic E-state index is 14.2. The molecule has 2 aliphatic rings. The van der Waals surface area contributed by atoms with Gasteiger partial charge in [0.05, 0.1) is 5.41 Å². The predicted molar refractivity (Wildman–Crippen MR) is 140 cm³/mol. The number of rotatable bonds is 6. The SMILES string of the molecule is CC1(C(=O)N(c2ccc(C(C)(C)C)cc2)C(C(=O)NC2CCCCC2)c2cccnc2)CN(C#N)C1. The largest absolute Gasteiger partial charge is 0.351 e. The number of amides is 2. The number of carbonyl (C=O) groups is 2. The van der Waals surface area contributed by atoms with Gasteiger partial charge in [-0.3, -0.25) is 19.5 Å². The zero-order valence-corrected chi connectivity index (χ0v) is 21.8. The summed E-state index contributed by atoms with van der Waals surface area (Å²) in [5, 5.41) is 12.5. The summed E-state index contributed by atoms with van der Waals surface area (Å²) in [4.78, 5) is 35.6. The average Bonchev–Trinajstić information content (AvgIpc) is 2.85. The molecule has 1 unspecified atom stereocenters. The van der Waals surface area contributed by atoms with Gasteiger partial charge in [0, 0.05) is 42.8 Å². The van der Waals surface area contributed by atoms with E-state index < -0.39 is 11.5 Å². The number of benzene rings is 1. The first-order chi connectivity index (χ1) is 17.1. The molecule has 1 atom stereocenters. The van der Waals surface area contributed by atoms with Crippen molar-refractivity contribution in [3.8, 4) is 6.19 Å². The molecule has 1 aliphatic carbocycles. The Morgan fingerprint density at radius 1 is 1.14 bits per heavy atom. The van der Waals surface area contributed by atoms with Crippen LogP contribution in [-0.4, -0.2) is 40.8 Å². The number of likely N-dealkylation sites (tertiary alicyclic amines) is 1. The van der Waals surface area contributed by atoms with Crippen LogP contribution in [0.3, 0.4) is 0 Å². The van der Waals surface area contributed by atoms with E-state index in [2.05, 4.69) is 37.3 Å². The topological polar surface area (TPSA) is 89.3 Å². The van der Waals surface area contributed by atoms with Crippen molar-refractivity contribution in [2.75, 3.05) is 18.0 Å². The second kappa shape index (κ2) is 10.3. The molecule has 1 aromatic heterocycles. The van der Waals surface area contributed by atoms with E-state index in [0.29, 0.717) is 24.3 Å². The Balaban J connectivity index is 1.76. The van der Waals surface area contributed by atoms with Crippen LogP contribution >= 0.6 is 0 Å². The van der Waals surface area contributed by atoms with Gasteiger partial charge in [-0.15, -0.1) is 0 Å². The third-order valence-corrected chi connectivity index (χ3v) is 7.43. The fourth-order valence-corrected chi connectivity index (χ4v) is 5.28. The molecule has 190 valence electrons. The number of nitrogens with zero attached hydrogens (tertiary/aromatic N) is 4. The lowest BCUT2D eigenvalue weighted by Crippen LogP contribution is -2.62. The molecule has 0 radical (unpaired) electrons. The lowest BCUT2D eigenvalue weighted by molar-refractivity contribution is -0.137. The van der Waals surface area contributed by atoms with Gasteiger partial charge in [-0.05, 0) is 48.9 Å². The van der Waals surface area contributed by atoms with E-state index in [1.54, 1.807) is 28.3 Å². The van der Waals surface area contributed by atoms with E-state index in [4.69, 9.17) is 0 Å².